The minimum atomic E-state index is -0.595. The van der Waals surface area contributed by atoms with E-state index in [-0.39, 0.29) is 24.7 Å². The molecule has 0 unspecified atom stereocenters. The van der Waals surface area contributed by atoms with E-state index in [1.807, 2.05) is 31.2 Å². The number of rotatable bonds is 7. The molecule has 1 fully saturated rings. The summed E-state index contributed by atoms with van der Waals surface area (Å²) in [5.74, 6) is -0.730. The lowest BCUT2D eigenvalue weighted by atomic mass is 10.1. The van der Waals surface area contributed by atoms with Crippen molar-refractivity contribution in [3.63, 3.8) is 0 Å². The van der Waals surface area contributed by atoms with Gasteiger partial charge in [0.05, 0.1) is 20.1 Å². The fourth-order valence-corrected chi connectivity index (χ4v) is 3.19. The maximum atomic E-state index is 12.4. The summed E-state index contributed by atoms with van der Waals surface area (Å²) in [4.78, 5) is 38.6. The molecule has 2 aromatic rings. The second-order valence-electron chi connectivity index (χ2n) is 6.84. The van der Waals surface area contributed by atoms with Crippen LogP contribution >= 0.6 is 0 Å². The van der Waals surface area contributed by atoms with Crippen molar-refractivity contribution in [1.29, 1.82) is 0 Å². The predicted molar refractivity (Wildman–Crippen MR) is 106 cm³/mol. The third kappa shape index (κ3) is 4.56. The van der Waals surface area contributed by atoms with Gasteiger partial charge in [-0.15, -0.1) is 0 Å². The molecule has 0 radical (unpaired) electrons. The number of carbonyl (C=O) groups is 3. The minimum Gasteiger partial charge on any atom is -0.493 e. The Morgan fingerprint density at radius 2 is 1.72 bits per heavy atom. The van der Waals surface area contributed by atoms with Crippen molar-refractivity contribution in [3.05, 3.63) is 53.6 Å². The van der Waals surface area contributed by atoms with Crippen LogP contribution in [-0.4, -0.2) is 45.0 Å². The fraction of sp³-hybridized carbons (Fsp3) is 0.318. The van der Waals surface area contributed by atoms with E-state index in [4.69, 9.17) is 14.2 Å². The average molecular weight is 397 g/mol. The zero-order valence-corrected chi connectivity index (χ0v) is 16.6. The van der Waals surface area contributed by atoms with Crippen molar-refractivity contribution in [2.45, 2.75) is 13.3 Å². The van der Waals surface area contributed by atoms with E-state index in [1.165, 1.54) is 20.3 Å². The smallest absolute Gasteiger partial charge is 0.311 e. The predicted octanol–water partition coefficient (Wildman–Crippen LogP) is 2.79. The first-order valence-corrected chi connectivity index (χ1v) is 9.22. The third-order valence-electron chi connectivity index (χ3n) is 4.86. The largest absolute Gasteiger partial charge is 0.493 e. The Morgan fingerprint density at radius 3 is 2.38 bits per heavy atom. The molecular weight excluding hydrogens is 374 g/mol. The number of esters is 1. The van der Waals surface area contributed by atoms with Gasteiger partial charge >= 0.3 is 5.97 Å². The Balaban J connectivity index is 1.59. The van der Waals surface area contributed by atoms with Crippen molar-refractivity contribution in [1.82, 2.24) is 0 Å². The second-order valence-corrected chi connectivity index (χ2v) is 6.84. The number of ether oxygens (including phenoxy) is 3. The third-order valence-corrected chi connectivity index (χ3v) is 4.86. The van der Waals surface area contributed by atoms with E-state index in [2.05, 4.69) is 0 Å². The normalized spacial score (nSPS) is 15.9. The topological polar surface area (TPSA) is 82.1 Å². The number of aryl methyl sites for hydroxylation is 1. The molecule has 0 bridgehead atoms. The molecule has 1 heterocycles. The summed E-state index contributed by atoms with van der Waals surface area (Å²) in [6, 6.07) is 12.3. The van der Waals surface area contributed by atoms with Gasteiger partial charge in [-0.05, 0) is 37.3 Å². The van der Waals surface area contributed by atoms with E-state index in [9.17, 15) is 14.4 Å². The van der Waals surface area contributed by atoms with Crippen LogP contribution < -0.4 is 14.4 Å². The number of benzene rings is 2. The first kappa shape index (κ1) is 20.4. The first-order chi connectivity index (χ1) is 13.9. The molecule has 2 aromatic carbocycles. The number of anilines is 1. The summed E-state index contributed by atoms with van der Waals surface area (Å²) >= 11 is 0. The van der Waals surface area contributed by atoms with Gasteiger partial charge < -0.3 is 19.1 Å². The number of ketones is 1. The van der Waals surface area contributed by atoms with Crippen LogP contribution in [0.4, 0.5) is 5.69 Å². The zero-order valence-electron chi connectivity index (χ0n) is 16.6. The molecular formula is C22H23NO6. The molecule has 1 aliphatic rings. The Bertz CT molecular complexity index is 921. The second kappa shape index (κ2) is 8.77. The number of methoxy groups -OCH3 is 2. The Morgan fingerprint density at radius 1 is 1.03 bits per heavy atom. The van der Waals surface area contributed by atoms with E-state index in [0.717, 1.165) is 11.3 Å². The van der Waals surface area contributed by atoms with Crippen molar-refractivity contribution in [3.8, 4) is 11.5 Å². The van der Waals surface area contributed by atoms with Crippen LogP contribution in [0.15, 0.2) is 42.5 Å². The molecule has 0 spiro atoms. The van der Waals surface area contributed by atoms with Crippen molar-refractivity contribution in [2.24, 2.45) is 5.92 Å². The number of carbonyl (C=O) groups excluding carboxylic acids is 3. The molecule has 1 atom stereocenters. The van der Waals surface area contributed by atoms with Crippen LogP contribution in [0.3, 0.4) is 0 Å². The highest BCUT2D eigenvalue weighted by Crippen LogP contribution is 2.28. The molecule has 0 saturated carbocycles. The molecule has 0 aromatic heterocycles. The molecule has 3 rings (SSSR count). The van der Waals surface area contributed by atoms with E-state index >= 15 is 0 Å². The van der Waals surface area contributed by atoms with Gasteiger partial charge in [0, 0.05) is 24.2 Å². The van der Waals surface area contributed by atoms with E-state index in [1.54, 1.807) is 17.0 Å². The van der Waals surface area contributed by atoms with Gasteiger partial charge in [-0.3, -0.25) is 14.4 Å². The molecule has 7 nitrogen and oxygen atoms in total. The van der Waals surface area contributed by atoms with Crippen LogP contribution in [0.1, 0.15) is 22.3 Å². The first-order valence-electron chi connectivity index (χ1n) is 9.22. The van der Waals surface area contributed by atoms with Crippen LogP contribution in [0.2, 0.25) is 0 Å². The summed E-state index contributed by atoms with van der Waals surface area (Å²) in [5, 5.41) is 0. The minimum absolute atomic E-state index is 0.0667. The molecule has 29 heavy (non-hydrogen) atoms. The summed E-state index contributed by atoms with van der Waals surface area (Å²) in [5.41, 5.74) is 2.18. The number of hydrogen-bond donors (Lipinski definition) is 0. The molecule has 0 aliphatic carbocycles. The number of hydrogen-bond acceptors (Lipinski definition) is 6. The summed E-state index contributed by atoms with van der Waals surface area (Å²) in [6.45, 7) is 1.81. The highest BCUT2D eigenvalue weighted by molar-refractivity contribution is 6.01. The summed E-state index contributed by atoms with van der Waals surface area (Å²) < 4.78 is 15.5. The quantitative estimate of drug-likeness (QED) is 0.528. The van der Waals surface area contributed by atoms with Crippen LogP contribution in [-0.2, 0) is 14.3 Å². The summed E-state index contributed by atoms with van der Waals surface area (Å²) in [6.07, 6.45) is 0.0667. The Kier molecular flexibility index (Phi) is 6.16. The number of amides is 1. The van der Waals surface area contributed by atoms with Gasteiger partial charge in [-0.2, -0.15) is 0 Å². The van der Waals surface area contributed by atoms with Crippen LogP contribution in [0.5, 0.6) is 11.5 Å². The average Bonchev–Trinajstić information content (AvgIpc) is 3.13. The van der Waals surface area contributed by atoms with E-state index < -0.39 is 18.5 Å². The van der Waals surface area contributed by atoms with Gasteiger partial charge in [0.15, 0.2) is 23.9 Å². The van der Waals surface area contributed by atoms with Gasteiger partial charge in [0.25, 0.3) is 0 Å². The van der Waals surface area contributed by atoms with Crippen LogP contribution in [0, 0.1) is 12.8 Å². The SMILES string of the molecule is COc1ccc(C(=O)COC(=O)[C@H]2CC(=O)N(c3ccc(C)cc3)C2)cc1OC. The molecule has 7 heteroatoms. The van der Waals surface area contributed by atoms with Gasteiger partial charge in [-0.1, -0.05) is 17.7 Å². The highest BCUT2D eigenvalue weighted by Gasteiger charge is 2.36. The lowest BCUT2D eigenvalue weighted by Gasteiger charge is -2.16. The van der Waals surface area contributed by atoms with Crippen LogP contribution in [0.25, 0.3) is 0 Å². The highest BCUT2D eigenvalue weighted by atomic mass is 16.5. The monoisotopic (exact) mass is 397 g/mol. The van der Waals surface area contributed by atoms with Crippen molar-refractivity contribution >= 4 is 23.3 Å². The number of nitrogens with zero attached hydrogens (tertiary/aromatic N) is 1. The number of Topliss-reactive ketones (excluding diaryl/α,β-unsaturated/α-hetero) is 1. The fourth-order valence-electron chi connectivity index (χ4n) is 3.19. The van der Waals surface area contributed by atoms with E-state index in [0.29, 0.717) is 17.1 Å². The van der Waals surface area contributed by atoms with Crippen molar-refractivity contribution in [2.75, 3.05) is 32.3 Å². The molecule has 1 saturated heterocycles. The Hall–Kier alpha value is -3.35. The summed E-state index contributed by atoms with van der Waals surface area (Å²) in [7, 11) is 2.98. The zero-order chi connectivity index (χ0) is 21.0. The standard InChI is InChI=1S/C22H23NO6/c1-14-4-7-17(8-5-14)23-12-16(11-21(23)25)22(26)29-13-18(24)15-6-9-19(27-2)20(10-15)28-3/h4-10,16H,11-13H2,1-3H3/t16-/m0/s1. The molecule has 0 N–H and O–H groups in total. The molecule has 1 aliphatic heterocycles. The maximum absolute atomic E-state index is 12.4. The van der Waals surface area contributed by atoms with Gasteiger partial charge in [0.2, 0.25) is 5.91 Å². The lowest BCUT2D eigenvalue weighted by Crippen LogP contribution is -2.27. The Labute approximate surface area is 169 Å². The van der Waals surface area contributed by atoms with Gasteiger partial charge in [0.1, 0.15) is 0 Å². The van der Waals surface area contributed by atoms with Crippen molar-refractivity contribution < 1.29 is 28.6 Å². The lowest BCUT2D eigenvalue weighted by molar-refractivity contribution is -0.147. The maximum Gasteiger partial charge on any atom is 0.311 e. The molecule has 152 valence electrons. The molecule has 1 amide bonds. The van der Waals surface area contributed by atoms with Gasteiger partial charge in [-0.25, -0.2) is 0 Å².